The third-order valence-corrected chi connectivity index (χ3v) is 4.81. The highest BCUT2D eigenvalue weighted by Gasteiger charge is 2.32. The molecule has 2 aliphatic heterocycles. The first-order valence-corrected chi connectivity index (χ1v) is 8.55. The molecule has 0 spiro atoms. The quantitative estimate of drug-likeness (QED) is 0.868. The number of rotatable bonds is 3. The number of benzene rings is 2. The Bertz CT molecular complexity index is 904. The lowest BCUT2D eigenvalue weighted by Crippen LogP contribution is -2.51. The Morgan fingerprint density at radius 1 is 1.12 bits per heavy atom. The first-order chi connectivity index (χ1) is 12.6. The number of ether oxygens (including phenoxy) is 2. The second kappa shape index (κ2) is 6.46. The van der Waals surface area contributed by atoms with Crippen molar-refractivity contribution >= 4 is 28.9 Å². The van der Waals surface area contributed by atoms with Gasteiger partial charge in [-0.25, -0.2) is 0 Å². The van der Waals surface area contributed by atoms with Crippen molar-refractivity contribution < 1.29 is 14.3 Å². The number of carbonyl (C=O) groups is 1. The van der Waals surface area contributed by atoms with Crippen LogP contribution in [0.25, 0.3) is 0 Å². The number of hydrogen-bond acceptors (Lipinski definition) is 5. The number of nitrogens with zero attached hydrogens (tertiary/aromatic N) is 1. The molecule has 2 aromatic carbocycles. The minimum Gasteiger partial charge on any atom is -0.494 e. The molecule has 0 unspecified atom stereocenters. The Kier molecular flexibility index (Phi) is 4.12. The Morgan fingerprint density at radius 3 is 2.54 bits per heavy atom. The van der Waals surface area contributed by atoms with E-state index in [0.29, 0.717) is 40.9 Å². The van der Waals surface area contributed by atoms with E-state index in [-0.39, 0.29) is 5.91 Å². The van der Waals surface area contributed by atoms with Crippen molar-refractivity contribution in [3.63, 3.8) is 0 Å². The van der Waals surface area contributed by atoms with Crippen molar-refractivity contribution in [3.8, 4) is 11.5 Å². The highest BCUT2D eigenvalue weighted by Crippen LogP contribution is 2.39. The molecule has 0 aliphatic carbocycles. The lowest BCUT2D eigenvalue weighted by Gasteiger charge is -2.36. The van der Waals surface area contributed by atoms with Crippen LogP contribution >= 0.6 is 11.6 Å². The summed E-state index contributed by atoms with van der Waals surface area (Å²) in [5, 5.41) is 5.61. The maximum Gasteiger partial charge on any atom is 0.286 e. The summed E-state index contributed by atoms with van der Waals surface area (Å²) in [6, 6.07) is 11.2. The molecule has 4 rings (SSSR count). The van der Waals surface area contributed by atoms with Crippen LogP contribution in [0.4, 0.5) is 11.4 Å². The number of methoxy groups -OCH3 is 2. The third kappa shape index (κ3) is 2.72. The predicted molar refractivity (Wildman–Crippen MR) is 101 cm³/mol. The van der Waals surface area contributed by atoms with Crippen LogP contribution in [0, 0.1) is 0 Å². The molecule has 0 aromatic heterocycles. The summed E-state index contributed by atoms with van der Waals surface area (Å²) in [5.41, 5.74) is 7.15. The smallest absolute Gasteiger partial charge is 0.286 e. The van der Waals surface area contributed by atoms with Gasteiger partial charge in [0.15, 0.2) is 0 Å². The summed E-state index contributed by atoms with van der Waals surface area (Å²) in [4.78, 5) is 12.7. The molecule has 2 aromatic rings. The molecule has 1 amide bonds. The number of hydrogen-bond donors (Lipinski definition) is 2. The molecule has 2 aliphatic rings. The van der Waals surface area contributed by atoms with Gasteiger partial charge >= 0.3 is 0 Å². The molecule has 7 heteroatoms. The van der Waals surface area contributed by atoms with Crippen LogP contribution in [-0.2, 0) is 11.2 Å². The fraction of sp³-hybridized carbons (Fsp3) is 0.211. The molecule has 0 bridgehead atoms. The molecule has 0 saturated heterocycles. The molecule has 134 valence electrons. The third-order valence-electron chi connectivity index (χ3n) is 4.57. The molecule has 2 heterocycles. The van der Waals surface area contributed by atoms with Crippen molar-refractivity contribution in [2.45, 2.75) is 6.42 Å². The zero-order valence-electron chi connectivity index (χ0n) is 14.4. The summed E-state index contributed by atoms with van der Waals surface area (Å²) < 4.78 is 10.9. The van der Waals surface area contributed by atoms with Gasteiger partial charge in [0.25, 0.3) is 5.91 Å². The lowest BCUT2D eigenvalue weighted by molar-refractivity contribution is -0.117. The molecule has 0 saturated carbocycles. The number of anilines is 2. The molecule has 26 heavy (non-hydrogen) atoms. The fourth-order valence-corrected chi connectivity index (χ4v) is 3.53. The number of hydrazine groups is 1. The van der Waals surface area contributed by atoms with Crippen LogP contribution in [0.1, 0.15) is 5.56 Å². The van der Waals surface area contributed by atoms with E-state index >= 15 is 0 Å². The number of fused-ring (bicyclic) bond motifs is 1. The van der Waals surface area contributed by atoms with Gasteiger partial charge in [-0.05, 0) is 41.8 Å². The molecular formula is C19H18ClN3O3. The van der Waals surface area contributed by atoms with Crippen LogP contribution in [-0.4, -0.2) is 26.7 Å². The standard InChI is InChI=1S/C19H18ClN3O3/c1-25-15-4-3-5-16(26-2)18(15)23-10-12-8-11-6-7-13(20)9-14(11)21-17(12)19(24)22-23/h3-7,9,21H,8,10H2,1-2H3,(H,22,24). The zero-order valence-corrected chi connectivity index (χ0v) is 15.2. The van der Waals surface area contributed by atoms with Gasteiger partial charge in [0.1, 0.15) is 22.9 Å². The summed E-state index contributed by atoms with van der Waals surface area (Å²) >= 11 is 6.07. The Morgan fingerprint density at radius 2 is 1.85 bits per heavy atom. The Balaban J connectivity index is 1.71. The molecule has 0 fully saturated rings. The van der Waals surface area contributed by atoms with E-state index in [2.05, 4.69) is 10.7 Å². The van der Waals surface area contributed by atoms with Crippen LogP contribution in [0.3, 0.4) is 0 Å². The normalized spacial score (nSPS) is 15.7. The van der Waals surface area contributed by atoms with E-state index in [4.69, 9.17) is 21.1 Å². The summed E-state index contributed by atoms with van der Waals surface area (Å²) in [6.45, 7) is 0.521. The number of amides is 1. The first kappa shape index (κ1) is 16.6. The van der Waals surface area contributed by atoms with E-state index < -0.39 is 0 Å². The second-order valence-electron chi connectivity index (χ2n) is 6.12. The Labute approximate surface area is 156 Å². The summed E-state index contributed by atoms with van der Waals surface area (Å²) in [5.74, 6) is 1.05. The zero-order chi connectivity index (χ0) is 18.3. The van der Waals surface area contributed by atoms with Crippen LogP contribution in [0.15, 0.2) is 47.7 Å². The van der Waals surface area contributed by atoms with Crippen molar-refractivity contribution in [2.75, 3.05) is 31.1 Å². The predicted octanol–water partition coefficient (Wildman–Crippen LogP) is 3.13. The van der Waals surface area contributed by atoms with Crippen LogP contribution in [0.5, 0.6) is 11.5 Å². The van der Waals surface area contributed by atoms with E-state index in [1.165, 1.54) is 0 Å². The van der Waals surface area contributed by atoms with Crippen LogP contribution < -0.4 is 25.2 Å². The summed E-state index contributed by atoms with van der Waals surface area (Å²) in [6.07, 6.45) is 0.677. The Hall–Kier alpha value is -2.86. The van der Waals surface area contributed by atoms with Gasteiger partial charge in [0.2, 0.25) is 0 Å². The van der Waals surface area contributed by atoms with Gasteiger partial charge in [0.05, 0.1) is 20.8 Å². The van der Waals surface area contributed by atoms with Gasteiger partial charge in [0, 0.05) is 10.7 Å². The largest absolute Gasteiger partial charge is 0.494 e. The molecule has 0 radical (unpaired) electrons. The van der Waals surface area contributed by atoms with E-state index in [9.17, 15) is 4.79 Å². The second-order valence-corrected chi connectivity index (χ2v) is 6.56. The number of halogens is 1. The van der Waals surface area contributed by atoms with E-state index in [1.54, 1.807) is 19.2 Å². The van der Waals surface area contributed by atoms with Crippen molar-refractivity contribution in [1.82, 2.24) is 5.43 Å². The highest BCUT2D eigenvalue weighted by molar-refractivity contribution is 6.31. The molecule has 2 N–H and O–H groups in total. The number of carbonyl (C=O) groups excluding carboxylic acids is 1. The molecular weight excluding hydrogens is 354 g/mol. The minimum absolute atomic E-state index is 0.204. The van der Waals surface area contributed by atoms with Gasteiger partial charge in [-0.3, -0.25) is 15.2 Å². The van der Waals surface area contributed by atoms with Gasteiger partial charge in [-0.15, -0.1) is 0 Å². The number of para-hydroxylation sites is 1. The SMILES string of the molecule is COc1cccc(OC)c1N1CC2=C(Nc3cc(Cl)ccc3C2)C(=O)N1. The summed E-state index contributed by atoms with van der Waals surface area (Å²) in [7, 11) is 3.19. The maximum atomic E-state index is 12.7. The monoisotopic (exact) mass is 371 g/mol. The lowest BCUT2D eigenvalue weighted by atomic mass is 9.95. The average Bonchev–Trinajstić information content (AvgIpc) is 2.66. The van der Waals surface area contributed by atoms with Crippen LogP contribution in [0.2, 0.25) is 5.02 Å². The van der Waals surface area contributed by atoms with Crippen molar-refractivity contribution in [1.29, 1.82) is 0 Å². The van der Waals surface area contributed by atoms with Gasteiger partial charge in [-0.1, -0.05) is 23.7 Å². The maximum absolute atomic E-state index is 12.7. The van der Waals surface area contributed by atoms with E-state index in [1.807, 2.05) is 36.4 Å². The highest BCUT2D eigenvalue weighted by atomic mass is 35.5. The number of nitrogens with one attached hydrogen (secondary N) is 2. The van der Waals surface area contributed by atoms with Gasteiger partial charge < -0.3 is 14.8 Å². The first-order valence-electron chi connectivity index (χ1n) is 8.17. The topological polar surface area (TPSA) is 62.8 Å². The van der Waals surface area contributed by atoms with E-state index in [0.717, 1.165) is 16.8 Å². The van der Waals surface area contributed by atoms with Gasteiger partial charge in [-0.2, -0.15) is 0 Å². The average molecular weight is 372 g/mol. The minimum atomic E-state index is -0.204. The van der Waals surface area contributed by atoms with Crippen molar-refractivity contribution in [2.24, 2.45) is 0 Å². The fourth-order valence-electron chi connectivity index (χ4n) is 3.35. The van der Waals surface area contributed by atoms with Crippen molar-refractivity contribution in [3.05, 3.63) is 58.3 Å². The molecule has 6 nitrogen and oxygen atoms in total. The molecule has 0 atom stereocenters.